The topological polar surface area (TPSA) is 103 Å². The van der Waals surface area contributed by atoms with Gasteiger partial charge in [-0.3, -0.25) is 14.9 Å². The molecule has 0 aromatic heterocycles. The van der Waals surface area contributed by atoms with Crippen LogP contribution in [0.3, 0.4) is 0 Å². The highest BCUT2D eigenvalue weighted by Crippen LogP contribution is 2.29. The van der Waals surface area contributed by atoms with Crippen LogP contribution in [0.15, 0.2) is 71.8 Å². The molecule has 0 spiro atoms. The molecular weight excluding hydrogens is 429 g/mol. The summed E-state index contributed by atoms with van der Waals surface area (Å²) >= 11 is 0. The van der Waals surface area contributed by atoms with Gasteiger partial charge in [0.25, 0.3) is 5.69 Å². The first kappa shape index (κ1) is 23.4. The fourth-order valence-corrected chi connectivity index (χ4v) is 2.87. The molecule has 3 rings (SSSR count). The molecule has 0 bridgehead atoms. The van der Waals surface area contributed by atoms with E-state index in [9.17, 15) is 19.3 Å². The molecule has 0 saturated heterocycles. The Morgan fingerprint density at radius 1 is 1.03 bits per heavy atom. The lowest BCUT2D eigenvalue weighted by atomic mass is 10.1. The molecule has 0 aliphatic rings. The number of amides is 1. The van der Waals surface area contributed by atoms with Crippen molar-refractivity contribution < 1.29 is 23.6 Å². The summed E-state index contributed by atoms with van der Waals surface area (Å²) in [4.78, 5) is 22.3. The summed E-state index contributed by atoms with van der Waals surface area (Å²) in [5.74, 6) is 0.321. The third-order valence-corrected chi connectivity index (χ3v) is 4.49. The average molecular weight is 451 g/mol. The lowest BCUT2D eigenvalue weighted by Gasteiger charge is -2.12. The largest absolute Gasteiger partial charge is 0.490 e. The Bertz CT molecular complexity index is 1130. The van der Waals surface area contributed by atoms with Crippen LogP contribution < -0.4 is 14.9 Å². The molecule has 1 N–H and O–H groups in total. The molecule has 33 heavy (non-hydrogen) atoms. The van der Waals surface area contributed by atoms with Crippen LogP contribution in [0.25, 0.3) is 0 Å². The second kappa shape index (κ2) is 11.4. The van der Waals surface area contributed by atoms with Crippen molar-refractivity contribution in [3.63, 3.8) is 0 Å². The van der Waals surface area contributed by atoms with Gasteiger partial charge in [0.1, 0.15) is 12.4 Å². The molecular formula is C24H22FN3O5. The van der Waals surface area contributed by atoms with Crippen LogP contribution in [0, 0.1) is 15.9 Å². The Hall–Kier alpha value is -4.27. The molecule has 0 aliphatic carbocycles. The van der Waals surface area contributed by atoms with Gasteiger partial charge in [0, 0.05) is 12.1 Å². The van der Waals surface area contributed by atoms with Crippen molar-refractivity contribution in [2.45, 2.75) is 20.0 Å². The second-order valence-corrected chi connectivity index (χ2v) is 6.95. The quantitative estimate of drug-likeness (QED) is 0.280. The maximum absolute atomic E-state index is 12.9. The zero-order valence-corrected chi connectivity index (χ0v) is 17.9. The van der Waals surface area contributed by atoms with Crippen molar-refractivity contribution in [3.8, 4) is 11.5 Å². The molecule has 3 aromatic rings. The zero-order valence-electron chi connectivity index (χ0n) is 17.9. The minimum Gasteiger partial charge on any atom is -0.490 e. The van der Waals surface area contributed by atoms with Crippen LogP contribution in [0.2, 0.25) is 0 Å². The minimum atomic E-state index is -0.455. The fraction of sp³-hybridized carbons (Fsp3) is 0.167. The van der Waals surface area contributed by atoms with E-state index in [1.807, 2.05) is 6.92 Å². The number of nitrogens with one attached hydrogen (secondary N) is 1. The number of carbonyl (C=O) groups is 1. The predicted molar refractivity (Wildman–Crippen MR) is 121 cm³/mol. The van der Waals surface area contributed by atoms with Crippen molar-refractivity contribution in [2.75, 3.05) is 6.61 Å². The van der Waals surface area contributed by atoms with Crippen molar-refractivity contribution in [1.82, 2.24) is 5.43 Å². The van der Waals surface area contributed by atoms with E-state index in [2.05, 4.69) is 10.5 Å². The molecule has 0 fully saturated rings. The lowest BCUT2D eigenvalue weighted by Crippen LogP contribution is -2.19. The first-order valence-corrected chi connectivity index (χ1v) is 10.1. The standard InChI is InChI=1S/C24H22FN3O5/c1-2-32-23-13-19(15-26-27-24(29)14-17-3-8-20(25)9-4-17)7-12-22(23)33-16-18-5-10-21(11-6-18)28(30)31/h3-13,15H,2,14,16H2,1H3,(H,27,29)/b26-15+. The lowest BCUT2D eigenvalue weighted by molar-refractivity contribution is -0.384. The van der Waals surface area contributed by atoms with Gasteiger partial charge in [-0.2, -0.15) is 5.10 Å². The molecule has 170 valence electrons. The van der Waals surface area contributed by atoms with E-state index in [-0.39, 0.29) is 30.4 Å². The molecule has 0 heterocycles. The SMILES string of the molecule is CCOc1cc(/C=N/NC(=O)Cc2ccc(F)cc2)ccc1OCc1ccc([N+](=O)[O-])cc1. The molecule has 8 nitrogen and oxygen atoms in total. The molecule has 1 amide bonds. The number of nitro groups is 1. The van der Waals surface area contributed by atoms with Gasteiger partial charge < -0.3 is 9.47 Å². The molecule has 0 atom stereocenters. The number of halogens is 1. The summed E-state index contributed by atoms with van der Waals surface area (Å²) in [6, 6.07) is 17.0. The van der Waals surface area contributed by atoms with E-state index in [0.717, 1.165) is 5.56 Å². The molecule has 0 unspecified atom stereocenters. The number of nitro benzene ring substituents is 1. The van der Waals surface area contributed by atoms with Gasteiger partial charge in [0.15, 0.2) is 11.5 Å². The van der Waals surface area contributed by atoms with Gasteiger partial charge in [0.05, 0.1) is 24.2 Å². The van der Waals surface area contributed by atoms with Crippen molar-refractivity contribution in [1.29, 1.82) is 0 Å². The number of rotatable bonds is 10. The monoisotopic (exact) mass is 451 g/mol. The Morgan fingerprint density at radius 3 is 2.39 bits per heavy atom. The summed E-state index contributed by atoms with van der Waals surface area (Å²) < 4.78 is 24.4. The maximum atomic E-state index is 12.9. The number of hydrogen-bond acceptors (Lipinski definition) is 6. The number of non-ortho nitro benzene ring substituents is 1. The highest BCUT2D eigenvalue weighted by Gasteiger charge is 2.09. The Morgan fingerprint density at radius 2 is 1.73 bits per heavy atom. The van der Waals surface area contributed by atoms with Crippen LogP contribution >= 0.6 is 0 Å². The fourth-order valence-electron chi connectivity index (χ4n) is 2.87. The number of carbonyl (C=O) groups excluding carboxylic acids is 1. The maximum Gasteiger partial charge on any atom is 0.269 e. The average Bonchev–Trinajstić information content (AvgIpc) is 2.80. The Kier molecular flexibility index (Phi) is 8.07. The van der Waals surface area contributed by atoms with E-state index < -0.39 is 4.92 Å². The van der Waals surface area contributed by atoms with Gasteiger partial charge in [-0.15, -0.1) is 0 Å². The molecule has 3 aromatic carbocycles. The van der Waals surface area contributed by atoms with Crippen molar-refractivity contribution >= 4 is 17.8 Å². The highest BCUT2D eigenvalue weighted by molar-refractivity contribution is 5.84. The van der Waals surface area contributed by atoms with Crippen LogP contribution in [0.5, 0.6) is 11.5 Å². The molecule has 0 saturated carbocycles. The highest BCUT2D eigenvalue weighted by atomic mass is 19.1. The van der Waals surface area contributed by atoms with Gasteiger partial charge in [0.2, 0.25) is 5.91 Å². The summed E-state index contributed by atoms with van der Waals surface area (Å²) in [6.45, 7) is 2.48. The zero-order chi connectivity index (χ0) is 23.6. The smallest absolute Gasteiger partial charge is 0.269 e. The third-order valence-electron chi connectivity index (χ3n) is 4.49. The van der Waals surface area contributed by atoms with Crippen molar-refractivity contribution in [3.05, 3.63) is 99.4 Å². The predicted octanol–water partition coefficient (Wildman–Crippen LogP) is 4.40. The van der Waals surface area contributed by atoms with E-state index >= 15 is 0 Å². The Balaban J connectivity index is 1.59. The molecule has 9 heteroatoms. The van der Waals surface area contributed by atoms with E-state index in [1.165, 1.54) is 30.5 Å². The van der Waals surface area contributed by atoms with Crippen molar-refractivity contribution in [2.24, 2.45) is 5.10 Å². The van der Waals surface area contributed by atoms with E-state index in [0.29, 0.717) is 29.2 Å². The number of benzene rings is 3. The van der Waals surface area contributed by atoms with E-state index in [1.54, 1.807) is 42.5 Å². The number of ether oxygens (including phenoxy) is 2. The van der Waals surface area contributed by atoms with Gasteiger partial charge in [-0.05, 0) is 66.1 Å². The molecule has 0 radical (unpaired) electrons. The first-order chi connectivity index (χ1) is 15.9. The van der Waals surface area contributed by atoms with Gasteiger partial charge in [-0.1, -0.05) is 12.1 Å². The van der Waals surface area contributed by atoms with Gasteiger partial charge in [-0.25, -0.2) is 9.82 Å². The summed E-state index contributed by atoms with van der Waals surface area (Å²) in [5, 5.41) is 14.7. The van der Waals surface area contributed by atoms with Crippen LogP contribution in [0.4, 0.5) is 10.1 Å². The summed E-state index contributed by atoms with van der Waals surface area (Å²) in [5.41, 5.74) is 4.59. The van der Waals surface area contributed by atoms with Crippen LogP contribution in [0.1, 0.15) is 23.6 Å². The van der Waals surface area contributed by atoms with Crippen LogP contribution in [-0.4, -0.2) is 23.7 Å². The Labute approximate surface area is 189 Å². The third kappa shape index (κ3) is 7.13. The van der Waals surface area contributed by atoms with Gasteiger partial charge >= 0.3 is 0 Å². The summed E-state index contributed by atoms with van der Waals surface area (Å²) in [6.07, 6.45) is 1.56. The van der Waals surface area contributed by atoms with Crippen LogP contribution in [-0.2, 0) is 17.8 Å². The second-order valence-electron chi connectivity index (χ2n) is 6.95. The van der Waals surface area contributed by atoms with E-state index in [4.69, 9.17) is 9.47 Å². The molecule has 0 aliphatic heterocycles. The minimum absolute atomic E-state index is 0.0159. The number of hydrazone groups is 1. The number of nitrogens with zero attached hydrogens (tertiary/aromatic N) is 2. The number of hydrogen-bond donors (Lipinski definition) is 1. The summed E-state index contributed by atoms with van der Waals surface area (Å²) in [7, 11) is 0. The first-order valence-electron chi connectivity index (χ1n) is 10.1. The normalized spacial score (nSPS) is 10.7.